The summed E-state index contributed by atoms with van der Waals surface area (Å²) < 4.78 is 0. The van der Waals surface area contributed by atoms with Crippen LogP contribution < -0.4 is 5.32 Å². The number of amides is 1. The largest absolute Gasteiger partial charge is 0.394 e. The minimum absolute atomic E-state index is 0.141. The van der Waals surface area contributed by atoms with Gasteiger partial charge in [0.1, 0.15) is 5.54 Å². The molecule has 0 bridgehead atoms. The average molecular weight is 239 g/mol. The van der Waals surface area contributed by atoms with Gasteiger partial charge in [-0.15, -0.1) is 0 Å². The highest BCUT2D eigenvalue weighted by atomic mass is 16.3. The average Bonchev–Trinajstić information content (AvgIpc) is 2.37. The van der Waals surface area contributed by atoms with Gasteiger partial charge in [-0.1, -0.05) is 30.3 Å². The number of hydrogen-bond acceptors (Lipinski definition) is 4. The van der Waals surface area contributed by atoms with Crippen LogP contribution >= 0.6 is 0 Å². The smallest absolute Gasteiger partial charge is 0.225 e. The number of rotatable bonds is 6. The van der Waals surface area contributed by atoms with Crippen LogP contribution in [0.15, 0.2) is 30.3 Å². The van der Waals surface area contributed by atoms with Crippen LogP contribution in [-0.2, 0) is 11.2 Å². The van der Waals surface area contributed by atoms with E-state index in [1.807, 2.05) is 18.2 Å². The fraction of sp³-hybridized carbons (Fsp3) is 0.417. The summed E-state index contributed by atoms with van der Waals surface area (Å²) in [7, 11) is 0. The van der Waals surface area contributed by atoms with Gasteiger partial charge in [0.2, 0.25) is 5.91 Å². The van der Waals surface area contributed by atoms with E-state index in [4.69, 9.17) is 15.3 Å². The van der Waals surface area contributed by atoms with Crippen molar-refractivity contribution in [2.45, 2.75) is 12.0 Å². The first-order valence-electron chi connectivity index (χ1n) is 5.33. The summed E-state index contributed by atoms with van der Waals surface area (Å²) in [5, 5.41) is 29.6. The van der Waals surface area contributed by atoms with Crippen LogP contribution in [0.1, 0.15) is 5.56 Å². The van der Waals surface area contributed by atoms with Gasteiger partial charge in [0, 0.05) is 0 Å². The fourth-order valence-corrected chi connectivity index (χ4v) is 1.39. The molecule has 4 N–H and O–H groups in total. The Hall–Kier alpha value is -1.43. The zero-order valence-corrected chi connectivity index (χ0v) is 9.47. The minimum Gasteiger partial charge on any atom is -0.394 e. The van der Waals surface area contributed by atoms with E-state index in [1.54, 1.807) is 12.1 Å². The molecule has 5 heteroatoms. The lowest BCUT2D eigenvalue weighted by Gasteiger charge is -2.28. The van der Waals surface area contributed by atoms with Crippen molar-refractivity contribution in [1.82, 2.24) is 5.32 Å². The second-order valence-electron chi connectivity index (χ2n) is 3.97. The van der Waals surface area contributed by atoms with Gasteiger partial charge in [-0.25, -0.2) is 0 Å². The molecule has 5 nitrogen and oxygen atoms in total. The van der Waals surface area contributed by atoms with Gasteiger partial charge in [0.25, 0.3) is 0 Å². The molecule has 94 valence electrons. The molecule has 0 atom stereocenters. The first-order valence-corrected chi connectivity index (χ1v) is 5.33. The van der Waals surface area contributed by atoms with Crippen molar-refractivity contribution in [3.8, 4) is 0 Å². The summed E-state index contributed by atoms with van der Waals surface area (Å²) in [5.74, 6) is -0.353. The number of aliphatic hydroxyl groups excluding tert-OH is 3. The molecule has 0 radical (unpaired) electrons. The van der Waals surface area contributed by atoms with E-state index < -0.39 is 25.4 Å². The molecular formula is C12H17NO4. The van der Waals surface area contributed by atoms with Gasteiger partial charge in [0.05, 0.1) is 26.2 Å². The maximum Gasteiger partial charge on any atom is 0.225 e. The molecule has 0 aliphatic carbocycles. The van der Waals surface area contributed by atoms with E-state index in [1.165, 1.54) is 0 Å². The van der Waals surface area contributed by atoms with Gasteiger partial charge in [0.15, 0.2) is 0 Å². The third-order valence-electron chi connectivity index (χ3n) is 2.52. The SMILES string of the molecule is O=C(Cc1ccccc1)NC(CO)(CO)CO. The van der Waals surface area contributed by atoms with Crippen molar-refractivity contribution in [2.75, 3.05) is 19.8 Å². The van der Waals surface area contributed by atoms with E-state index in [-0.39, 0.29) is 12.3 Å². The zero-order chi connectivity index (χ0) is 12.7. The molecule has 0 fully saturated rings. The predicted molar refractivity (Wildman–Crippen MR) is 62.3 cm³/mol. The van der Waals surface area contributed by atoms with E-state index in [0.717, 1.165) is 5.56 Å². The molecular weight excluding hydrogens is 222 g/mol. The molecule has 0 unspecified atom stereocenters. The first-order chi connectivity index (χ1) is 8.15. The molecule has 0 aromatic heterocycles. The summed E-state index contributed by atoms with van der Waals surface area (Å²) in [5.41, 5.74) is -0.529. The van der Waals surface area contributed by atoms with Crippen LogP contribution in [0.5, 0.6) is 0 Å². The molecule has 1 aromatic carbocycles. The Balaban J connectivity index is 2.60. The highest BCUT2D eigenvalue weighted by Crippen LogP contribution is 2.04. The molecule has 0 heterocycles. The number of nitrogens with one attached hydrogen (secondary N) is 1. The monoisotopic (exact) mass is 239 g/mol. The normalized spacial score (nSPS) is 11.2. The van der Waals surface area contributed by atoms with E-state index in [2.05, 4.69) is 5.32 Å². The van der Waals surface area contributed by atoms with E-state index in [0.29, 0.717) is 0 Å². The van der Waals surface area contributed by atoms with Gasteiger partial charge in [-0.3, -0.25) is 4.79 Å². The molecule has 1 rings (SSSR count). The Kier molecular flexibility index (Phi) is 5.09. The van der Waals surface area contributed by atoms with Gasteiger partial charge >= 0.3 is 0 Å². The van der Waals surface area contributed by atoms with Crippen molar-refractivity contribution in [3.63, 3.8) is 0 Å². The lowest BCUT2D eigenvalue weighted by Crippen LogP contribution is -2.57. The summed E-state index contributed by atoms with van der Waals surface area (Å²) in [4.78, 5) is 11.7. The molecule has 0 saturated heterocycles. The van der Waals surface area contributed by atoms with Gasteiger partial charge in [-0.05, 0) is 5.56 Å². The third-order valence-corrected chi connectivity index (χ3v) is 2.52. The minimum atomic E-state index is -1.36. The van der Waals surface area contributed by atoms with Gasteiger partial charge < -0.3 is 20.6 Å². The van der Waals surface area contributed by atoms with E-state index in [9.17, 15) is 4.79 Å². The van der Waals surface area contributed by atoms with Crippen LogP contribution in [0.25, 0.3) is 0 Å². The molecule has 1 amide bonds. The van der Waals surface area contributed by atoms with Crippen LogP contribution in [0.4, 0.5) is 0 Å². The van der Waals surface area contributed by atoms with Gasteiger partial charge in [-0.2, -0.15) is 0 Å². The second kappa shape index (κ2) is 6.34. The molecule has 1 aromatic rings. The van der Waals surface area contributed by atoms with Crippen LogP contribution in [0.3, 0.4) is 0 Å². The quantitative estimate of drug-likeness (QED) is 0.516. The summed E-state index contributed by atoms with van der Waals surface area (Å²) >= 11 is 0. The molecule has 0 aliphatic rings. The van der Waals surface area contributed by atoms with Crippen molar-refractivity contribution in [2.24, 2.45) is 0 Å². The zero-order valence-electron chi connectivity index (χ0n) is 9.47. The topological polar surface area (TPSA) is 89.8 Å². The Morgan fingerprint density at radius 1 is 1.06 bits per heavy atom. The second-order valence-corrected chi connectivity index (χ2v) is 3.97. The lowest BCUT2D eigenvalue weighted by molar-refractivity contribution is -0.124. The fourth-order valence-electron chi connectivity index (χ4n) is 1.39. The Labute approximate surface area is 99.7 Å². The standard InChI is InChI=1S/C12H17NO4/c14-7-12(8-15,9-16)13-11(17)6-10-4-2-1-3-5-10/h1-5,14-16H,6-9H2,(H,13,17). The maximum atomic E-state index is 11.7. The van der Waals surface area contributed by atoms with E-state index >= 15 is 0 Å². The molecule has 17 heavy (non-hydrogen) atoms. The van der Waals surface area contributed by atoms with Crippen molar-refractivity contribution in [1.29, 1.82) is 0 Å². The predicted octanol–water partition coefficient (Wildman–Crippen LogP) is -0.939. The van der Waals surface area contributed by atoms with Crippen molar-refractivity contribution in [3.05, 3.63) is 35.9 Å². The molecule has 0 spiro atoms. The van der Waals surface area contributed by atoms with Crippen LogP contribution in [0.2, 0.25) is 0 Å². The first kappa shape index (κ1) is 13.6. The van der Waals surface area contributed by atoms with Crippen molar-refractivity contribution < 1.29 is 20.1 Å². The van der Waals surface area contributed by atoms with Crippen LogP contribution in [-0.4, -0.2) is 46.6 Å². The number of benzene rings is 1. The maximum absolute atomic E-state index is 11.7. The molecule has 0 aliphatic heterocycles. The Bertz CT molecular complexity index is 341. The summed E-state index contributed by atoms with van der Waals surface area (Å²) in [6, 6.07) is 9.09. The Morgan fingerprint density at radius 2 is 1.59 bits per heavy atom. The number of carbonyl (C=O) groups excluding carboxylic acids is 1. The Morgan fingerprint density at radius 3 is 2.06 bits per heavy atom. The van der Waals surface area contributed by atoms with Crippen LogP contribution in [0, 0.1) is 0 Å². The third kappa shape index (κ3) is 3.81. The highest BCUT2D eigenvalue weighted by molar-refractivity contribution is 5.79. The lowest BCUT2D eigenvalue weighted by atomic mass is 10.0. The van der Waals surface area contributed by atoms with Crippen molar-refractivity contribution >= 4 is 5.91 Å². The number of hydrogen-bond donors (Lipinski definition) is 4. The summed E-state index contributed by atoms with van der Waals surface area (Å²) in [6.07, 6.45) is 0.141. The number of carbonyl (C=O) groups is 1. The highest BCUT2D eigenvalue weighted by Gasteiger charge is 2.29. The molecule has 0 saturated carbocycles. The number of aliphatic hydroxyl groups is 3. The summed E-state index contributed by atoms with van der Waals surface area (Å²) in [6.45, 7) is -1.54.